The summed E-state index contributed by atoms with van der Waals surface area (Å²) in [6.07, 6.45) is 10.7. The molecule has 0 aromatic carbocycles. The zero-order valence-electron chi connectivity index (χ0n) is 15.2. The number of piperidine rings is 1. The summed E-state index contributed by atoms with van der Waals surface area (Å²) in [5.41, 5.74) is 1.27. The molecule has 1 atom stereocenters. The fourth-order valence-corrected chi connectivity index (χ4v) is 4.29. The molecule has 3 heterocycles. The van der Waals surface area contributed by atoms with E-state index in [4.69, 9.17) is 0 Å². The number of imidazole rings is 1. The summed E-state index contributed by atoms with van der Waals surface area (Å²) in [6, 6.07) is 0.251. The van der Waals surface area contributed by atoms with Crippen molar-refractivity contribution in [1.29, 1.82) is 0 Å². The number of hydrogen-bond donors (Lipinski definition) is 1. The van der Waals surface area contributed by atoms with E-state index in [1.165, 1.54) is 25.6 Å². The molecule has 0 bridgehead atoms. The lowest BCUT2D eigenvalue weighted by Crippen LogP contribution is -2.50. The maximum atomic E-state index is 12.7. The summed E-state index contributed by atoms with van der Waals surface area (Å²) in [7, 11) is 1.74. The number of carbonyl (C=O) groups excluding carboxylic acids is 1. The van der Waals surface area contributed by atoms with Gasteiger partial charge in [-0.25, -0.2) is 19.6 Å². The van der Waals surface area contributed by atoms with Crippen molar-refractivity contribution in [2.45, 2.75) is 57.0 Å². The van der Waals surface area contributed by atoms with Crippen LogP contribution in [0.3, 0.4) is 0 Å². The normalized spacial score (nSPS) is 21.9. The zero-order valence-corrected chi connectivity index (χ0v) is 15.2. The summed E-state index contributed by atoms with van der Waals surface area (Å²) >= 11 is 0. The van der Waals surface area contributed by atoms with Crippen LogP contribution in [0.25, 0.3) is 11.2 Å². The minimum absolute atomic E-state index is 0.00418. The Bertz CT molecular complexity index is 851. The average Bonchev–Trinajstić information content (AvgIpc) is 2.94. The SMILES string of the molecule is Cn1c(=O)n(C2CCCN(C(=O)NC3CCCCC3)C2)c2ncncc21. The number of carbonyl (C=O) groups is 1. The number of aromatic nitrogens is 4. The first-order valence-corrected chi connectivity index (χ1v) is 9.57. The van der Waals surface area contributed by atoms with Gasteiger partial charge < -0.3 is 10.2 Å². The number of nitrogens with zero attached hydrogens (tertiary/aromatic N) is 5. The quantitative estimate of drug-likeness (QED) is 0.887. The van der Waals surface area contributed by atoms with E-state index in [1.54, 1.807) is 22.4 Å². The highest BCUT2D eigenvalue weighted by Gasteiger charge is 2.29. The van der Waals surface area contributed by atoms with E-state index in [0.717, 1.165) is 37.7 Å². The number of aryl methyl sites for hydroxylation is 1. The molecule has 1 unspecified atom stereocenters. The van der Waals surface area contributed by atoms with Gasteiger partial charge in [0.25, 0.3) is 0 Å². The van der Waals surface area contributed by atoms with Crippen LogP contribution in [-0.2, 0) is 7.05 Å². The lowest BCUT2D eigenvalue weighted by atomic mass is 9.95. The van der Waals surface area contributed by atoms with Crippen LogP contribution in [0.4, 0.5) is 4.79 Å². The molecular formula is C18H26N6O2. The van der Waals surface area contributed by atoms with Gasteiger partial charge in [-0.3, -0.25) is 9.13 Å². The standard InChI is InChI=1S/C18H26N6O2/c1-22-15-10-19-12-20-16(15)24(18(22)26)14-8-5-9-23(11-14)17(25)21-13-6-3-2-4-7-13/h10,12-14H,2-9,11H2,1H3,(H,21,25). The van der Waals surface area contributed by atoms with Gasteiger partial charge in [0.05, 0.1) is 12.2 Å². The van der Waals surface area contributed by atoms with Crippen LogP contribution in [0.15, 0.2) is 17.3 Å². The number of nitrogens with one attached hydrogen (secondary N) is 1. The van der Waals surface area contributed by atoms with Crippen LogP contribution in [0.1, 0.15) is 51.0 Å². The first kappa shape index (κ1) is 17.1. The molecule has 1 saturated heterocycles. The van der Waals surface area contributed by atoms with Crippen molar-refractivity contribution in [3.8, 4) is 0 Å². The van der Waals surface area contributed by atoms with Gasteiger partial charge in [0, 0.05) is 26.2 Å². The minimum Gasteiger partial charge on any atom is -0.335 e. The molecule has 1 N–H and O–H groups in total. The summed E-state index contributed by atoms with van der Waals surface area (Å²) < 4.78 is 3.31. The zero-order chi connectivity index (χ0) is 18.1. The Morgan fingerprint density at radius 3 is 2.81 bits per heavy atom. The molecule has 1 saturated carbocycles. The maximum Gasteiger partial charge on any atom is 0.330 e. The number of urea groups is 1. The lowest BCUT2D eigenvalue weighted by molar-refractivity contribution is 0.161. The number of hydrogen-bond acceptors (Lipinski definition) is 4. The molecule has 2 fully saturated rings. The molecule has 0 radical (unpaired) electrons. The smallest absolute Gasteiger partial charge is 0.330 e. The molecule has 2 aromatic heterocycles. The summed E-state index contributed by atoms with van der Waals surface area (Å²) in [5, 5.41) is 3.19. The van der Waals surface area contributed by atoms with Crippen LogP contribution < -0.4 is 11.0 Å². The van der Waals surface area contributed by atoms with Crippen molar-refractivity contribution in [3.63, 3.8) is 0 Å². The molecule has 1 aliphatic carbocycles. The number of amides is 2. The highest BCUT2D eigenvalue weighted by atomic mass is 16.2. The van der Waals surface area contributed by atoms with Crippen molar-refractivity contribution in [2.75, 3.05) is 13.1 Å². The molecule has 4 rings (SSSR count). The summed E-state index contributed by atoms with van der Waals surface area (Å²) in [4.78, 5) is 35.6. The second kappa shape index (κ2) is 7.09. The van der Waals surface area contributed by atoms with E-state index in [1.807, 2.05) is 4.90 Å². The van der Waals surface area contributed by atoms with Crippen molar-refractivity contribution < 1.29 is 4.79 Å². The van der Waals surface area contributed by atoms with Crippen molar-refractivity contribution in [3.05, 3.63) is 23.0 Å². The average molecular weight is 358 g/mol. The van der Waals surface area contributed by atoms with Gasteiger partial charge in [-0.1, -0.05) is 19.3 Å². The third-order valence-corrected chi connectivity index (χ3v) is 5.74. The Labute approximate surface area is 152 Å². The van der Waals surface area contributed by atoms with Crippen LogP contribution in [0, 0.1) is 0 Å². The van der Waals surface area contributed by atoms with E-state index < -0.39 is 0 Å². The van der Waals surface area contributed by atoms with Crippen LogP contribution in [0.5, 0.6) is 0 Å². The Balaban J connectivity index is 1.53. The van der Waals surface area contributed by atoms with Crippen molar-refractivity contribution in [2.24, 2.45) is 7.05 Å². The fourth-order valence-electron chi connectivity index (χ4n) is 4.29. The van der Waals surface area contributed by atoms with Gasteiger partial charge in [-0.2, -0.15) is 0 Å². The molecule has 2 aromatic rings. The Morgan fingerprint density at radius 2 is 2.00 bits per heavy atom. The molecule has 26 heavy (non-hydrogen) atoms. The molecule has 1 aliphatic heterocycles. The number of likely N-dealkylation sites (tertiary alicyclic amines) is 1. The second-order valence-corrected chi connectivity index (χ2v) is 7.47. The molecule has 140 valence electrons. The molecule has 0 spiro atoms. The highest BCUT2D eigenvalue weighted by molar-refractivity contribution is 5.75. The fraction of sp³-hybridized carbons (Fsp3) is 0.667. The van der Waals surface area contributed by atoms with Crippen LogP contribution in [0.2, 0.25) is 0 Å². The molecular weight excluding hydrogens is 332 g/mol. The van der Waals surface area contributed by atoms with Crippen LogP contribution in [-0.4, -0.2) is 49.2 Å². The second-order valence-electron chi connectivity index (χ2n) is 7.47. The van der Waals surface area contributed by atoms with E-state index in [0.29, 0.717) is 18.2 Å². The summed E-state index contributed by atoms with van der Waals surface area (Å²) in [6.45, 7) is 1.28. The van der Waals surface area contributed by atoms with Crippen molar-refractivity contribution in [1.82, 2.24) is 29.3 Å². The number of rotatable bonds is 2. The van der Waals surface area contributed by atoms with Gasteiger partial charge in [-0.15, -0.1) is 0 Å². The van der Waals surface area contributed by atoms with Gasteiger partial charge >= 0.3 is 11.7 Å². The Hall–Kier alpha value is -2.38. The first-order valence-electron chi connectivity index (χ1n) is 9.57. The third kappa shape index (κ3) is 3.08. The predicted octanol–water partition coefficient (Wildman–Crippen LogP) is 1.81. The maximum absolute atomic E-state index is 12.7. The topological polar surface area (TPSA) is 85.0 Å². The predicted molar refractivity (Wildman–Crippen MR) is 98.0 cm³/mol. The molecule has 8 nitrogen and oxygen atoms in total. The molecule has 8 heteroatoms. The van der Waals surface area contributed by atoms with Crippen molar-refractivity contribution >= 4 is 17.2 Å². The number of fused-ring (bicyclic) bond motifs is 1. The summed E-state index contributed by atoms with van der Waals surface area (Å²) in [5.74, 6) is 0. The van der Waals surface area contributed by atoms with E-state index in [-0.39, 0.29) is 17.8 Å². The van der Waals surface area contributed by atoms with Gasteiger partial charge in [0.15, 0.2) is 5.65 Å². The van der Waals surface area contributed by atoms with E-state index in [2.05, 4.69) is 15.3 Å². The van der Waals surface area contributed by atoms with Gasteiger partial charge in [0.2, 0.25) is 0 Å². The molecule has 2 amide bonds. The minimum atomic E-state index is -0.0972. The largest absolute Gasteiger partial charge is 0.335 e. The van der Waals surface area contributed by atoms with Gasteiger partial charge in [0.1, 0.15) is 11.8 Å². The molecule has 2 aliphatic rings. The lowest BCUT2D eigenvalue weighted by Gasteiger charge is -2.34. The van der Waals surface area contributed by atoms with Crippen LogP contribution >= 0.6 is 0 Å². The Kier molecular flexibility index (Phi) is 4.65. The third-order valence-electron chi connectivity index (χ3n) is 5.74. The monoisotopic (exact) mass is 358 g/mol. The van der Waals surface area contributed by atoms with E-state index in [9.17, 15) is 9.59 Å². The van der Waals surface area contributed by atoms with Gasteiger partial charge in [-0.05, 0) is 25.7 Å². The Morgan fingerprint density at radius 1 is 1.19 bits per heavy atom. The highest BCUT2D eigenvalue weighted by Crippen LogP contribution is 2.24. The first-order chi connectivity index (χ1) is 12.6. The van der Waals surface area contributed by atoms with E-state index >= 15 is 0 Å².